The Bertz CT molecular complexity index is 163. The zero-order valence-electron chi connectivity index (χ0n) is 8.77. The highest BCUT2D eigenvalue weighted by Gasteiger charge is 2.33. The van der Waals surface area contributed by atoms with E-state index in [0.717, 1.165) is 19.5 Å². The average molecular weight is 187 g/mol. The van der Waals surface area contributed by atoms with Crippen LogP contribution < -0.4 is 0 Å². The number of aliphatic hydroxyl groups excluding tert-OH is 2. The van der Waals surface area contributed by atoms with Crippen LogP contribution in [0.3, 0.4) is 0 Å². The minimum Gasteiger partial charge on any atom is -0.390 e. The topological polar surface area (TPSA) is 43.7 Å². The third kappa shape index (κ3) is 2.42. The Morgan fingerprint density at radius 2 is 1.85 bits per heavy atom. The molecule has 0 aliphatic carbocycles. The van der Waals surface area contributed by atoms with E-state index in [4.69, 9.17) is 0 Å². The second-order valence-electron chi connectivity index (χ2n) is 4.35. The molecule has 0 spiro atoms. The summed E-state index contributed by atoms with van der Waals surface area (Å²) in [6.07, 6.45) is -0.185. The molecule has 2 N–H and O–H groups in total. The van der Waals surface area contributed by atoms with E-state index in [9.17, 15) is 10.2 Å². The van der Waals surface area contributed by atoms with Crippen LogP contribution in [0.25, 0.3) is 0 Å². The maximum absolute atomic E-state index is 9.83. The van der Waals surface area contributed by atoms with Gasteiger partial charge in [-0.05, 0) is 25.3 Å². The van der Waals surface area contributed by atoms with Gasteiger partial charge in [-0.15, -0.1) is 0 Å². The summed E-state index contributed by atoms with van der Waals surface area (Å²) in [5, 5.41) is 19.6. The Labute approximate surface area is 80.4 Å². The van der Waals surface area contributed by atoms with Gasteiger partial charge < -0.3 is 15.1 Å². The lowest BCUT2D eigenvalue weighted by Crippen LogP contribution is -2.37. The van der Waals surface area contributed by atoms with Gasteiger partial charge in [-0.3, -0.25) is 0 Å². The van der Waals surface area contributed by atoms with Crippen molar-refractivity contribution in [2.45, 2.75) is 32.5 Å². The van der Waals surface area contributed by atoms with Crippen molar-refractivity contribution in [1.29, 1.82) is 0 Å². The fraction of sp³-hybridized carbons (Fsp3) is 1.00. The minimum atomic E-state index is -0.560. The van der Waals surface area contributed by atoms with E-state index in [2.05, 4.69) is 11.8 Å². The highest BCUT2D eigenvalue weighted by atomic mass is 16.3. The summed E-state index contributed by atoms with van der Waals surface area (Å²) < 4.78 is 0. The summed E-state index contributed by atoms with van der Waals surface area (Å²) in [5.74, 6) is 0.376. The second-order valence-corrected chi connectivity index (χ2v) is 4.35. The fourth-order valence-corrected chi connectivity index (χ4v) is 2.17. The van der Waals surface area contributed by atoms with Crippen LogP contribution in [0, 0.1) is 11.8 Å². The summed E-state index contributed by atoms with van der Waals surface area (Å²) in [4.78, 5) is 2.19. The van der Waals surface area contributed by atoms with Gasteiger partial charge in [0.15, 0.2) is 0 Å². The fourth-order valence-electron chi connectivity index (χ4n) is 2.17. The van der Waals surface area contributed by atoms with Crippen molar-refractivity contribution in [3.8, 4) is 0 Å². The highest BCUT2D eigenvalue weighted by molar-refractivity contribution is 4.85. The molecule has 13 heavy (non-hydrogen) atoms. The second kappa shape index (κ2) is 4.40. The first-order chi connectivity index (χ1) is 6.06. The number of aliphatic hydroxyl groups is 2. The zero-order valence-corrected chi connectivity index (χ0v) is 8.77. The van der Waals surface area contributed by atoms with Gasteiger partial charge in [-0.1, -0.05) is 13.8 Å². The molecule has 2 unspecified atom stereocenters. The monoisotopic (exact) mass is 187 g/mol. The molecule has 0 saturated carbocycles. The van der Waals surface area contributed by atoms with Crippen LogP contribution in [0.5, 0.6) is 0 Å². The first kappa shape index (κ1) is 11.0. The van der Waals surface area contributed by atoms with E-state index in [1.807, 2.05) is 14.0 Å². The van der Waals surface area contributed by atoms with Crippen LogP contribution in [0.2, 0.25) is 0 Å². The Balaban J connectivity index is 2.69. The summed E-state index contributed by atoms with van der Waals surface area (Å²) in [6, 6.07) is 0. The van der Waals surface area contributed by atoms with E-state index in [1.54, 1.807) is 0 Å². The van der Waals surface area contributed by atoms with E-state index >= 15 is 0 Å². The summed E-state index contributed by atoms with van der Waals surface area (Å²) >= 11 is 0. The number of rotatable bonds is 1. The highest BCUT2D eigenvalue weighted by Crippen LogP contribution is 2.22. The Hall–Kier alpha value is -0.120. The molecule has 1 fully saturated rings. The Kier molecular flexibility index (Phi) is 3.71. The quantitative estimate of drug-likeness (QED) is 0.621. The molecule has 1 aliphatic heterocycles. The van der Waals surface area contributed by atoms with E-state index in [0.29, 0.717) is 0 Å². The molecule has 0 aromatic carbocycles. The molecule has 0 amide bonds. The normalized spacial score (nSPS) is 43.2. The first-order valence-corrected chi connectivity index (χ1v) is 5.11. The molecular formula is C10H21NO2. The van der Waals surface area contributed by atoms with Crippen molar-refractivity contribution in [3.63, 3.8) is 0 Å². The lowest BCUT2D eigenvalue weighted by molar-refractivity contribution is -0.0322. The van der Waals surface area contributed by atoms with Crippen molar-refractivity contribution in [1.82, 2.24) is 4.90 Å². The SMILES string of the molecule is CCC1CN(C)C[C@H](C)C(O)[C@@H]1O. The lowest BCUT2D eigenvalue weighted by atomic mass is 9.91. The summed E-state index contributed by atoms with van der Waals surface area (Å²) in [7, 11) is 2.05. The van der Waals surface area contributed by atoms with Gasteiger partial charge in [0, 0.05) is 13.1 Å². The molecule has 0 radical (unpaired) electrons. The van der Waals surface area contributed by atoms with Crippen LogP contribution in [-0.2, 0) is 0 Å². The van der Waals surface area contributed by atoms with Crippen LogP contribution in [0.1, 0.15) is 20.3 Å². The van der Waals surface area contributed by atoms with E-state index < -0.39 is 12.2 Å². The molecule has 1 saturated heterocycles. The Morgan fingerprint density at radius 1 is 1.23 bits per heavy atom. The predicted molar refractivity (Wildman–Crippen MR) is 52.5 cm³/mol. The largest absolute Gasteiger partial charge is 0.390 e. The van der Waals surface area contributed by atoms with Crippen molar-refractivity contribution in [2.75, 3.05) is 20.1 Å². The molecule has 1 heterocycles. The van der Waals surface area contributed by atoms with Crippen molar-refractivity contribution >= 4 is 0 Å². The van der Waals surface area contributed by atoms with Crippen molar-refractivity contribution in [2.24, 2.45) is 11.8 Å². The number of hydrogen-bond donors (Lipinski definition) is 2. The van der Waals surface area contributed by atoms with Gasteiger partial charge in [0.25, 0.3) is 0 Å². The third-order valence-corrected chi connectivity index (χ3v) is 3.09. The van der Waals surface area contributed by atoms with Gasteiger partial charge in [0.05, 0.1) is 12.2 Å². The molecule has 1 rings (SSSR count). The van der Waals surface area contributed by atoms with Gasteiger partial charge in [0.2, 0.25) is 0 Å². The van der Waals surface area contributed by atoms with E-state index in [1.165, 1.54) is 0 Å². The molecule has 78 valence electrons. The van der Waals surface area contributed by atoms with Gasteiger partial charge in [0.1, 0.15) is 0 Å². The number of likely N-dealkylation sites (tertiary alicyclic amines) is 1. The Morgan fingerprint density at radius 3 is 2.38 bits per heavy atom. The van der Waals surface area contributed by atoms with Crippen LogP contribution in [0.4, 0.5) is 0 Å². The molecule has 0 aromatic heterocycles. The van der Waals surface area contributed by atoms with Crippen LogP contribution >= 0.6 is 0 Å². The molecule has 0 aromatic rings. The predicted octanol–water partition coefficient (Wildman–Crippen LogP) is 0.316. The summed E-state index contributed by atoms with van der Waals surface area (Å²) in [5.41, 5.74) is 0. The van der Waals surface area contributed by atoms with Gasteiger partial charge in [-0.25, -0.2) is 0 Å². The van der Waals surface area contributed by atoms with Gasteiger partial charge >= 0.3 is 0 Å². The maximum atomic E-state index is 9.83. The van der Waals surface area contributed by atoms with Crippen LogP contribution in [0.15, 0.2) is 0 Å². The summed E-state index contributed by atoms with van der Waals surface area (Å²) in [6.45, 7) is 5.81. The van der Waals surface area contributed by atoms with Crippen molar-refractivity contribution < 1.29 is 10.2 Å². The van der Waals surface area contributed by atoms with E-state index in [-0.39, 0.29) is 11.8 Å². The molecule has 3 nitrogen and oxygen atoms in total. The molecular weight excluding hydrogens is 166 g/mol. The smallest absolute Gasteiger partial charge is 0.0842 e. The number of nitrogens with zero attached hydrogens (tertiary/aromatic N) is 1. The molecule has 3 heteroatoms. The maximum Gasteiger partial charge on any atom is 0.0842 e. The number of hydrogen-bond acceptors (Lipinski definition) is 3. The lowest BCUT2D eigenvalue weighted by Gasteiger charge is -2.24. The average Bonchev–Trinajstić information content (AvgIpc) is 2.18. The first-order valence-electron chi connectivity index (χ1n) is 5.11. The minimum absolute atomic E-state index is 0.163. The molecule has 0 bridgehead atoms. The zero-order chi connectivity index (χ0) is 10.0. The van der Waals surface area contributed by atoms with Crippen molar-refractivity contribution in [3.05, 3.63) is 0 Å². The van der Waals surface area contributed by atoms with Gasteiger partial charge in [-0.2, -0.15) is 0 Å². The molecule has 4 atom stereocenters. The van der Waals surface area contributed by atoms with Crippen LogP contribution in [-0.4, -0.2) is 47.5 Å². The third-order valence-electron chi connectivity index (χ3n) is 3.09. The standard InChI is InChI=1S/C10H21NO2/c1-4-8-6-11(3)5-7(2)9(12)10(8)13/h7-10,12-13H,4-6H2,1-3H3/t7-,8?,9?,10+/m0/s1. The molecule has 1 aliphatic rings.